The molecule has 6 heteroatoms. The summed E-state index contributed by atoms with van der Waals surface area (Å²) in [7, 11) is 1.69. The number of pyridine rings is 1. The first-order chi connectivity index (χ1) is 8.22. The normalized spacial score (nSPS) is 19.3. The fraction of sp³-hybridized carbons (Fsp3) is 0.615. The van der Waals surface area contributed by atoms with E-state index in [-0.39, 0.29) is 24.8 Å². The topological polar surface area (TPSA) is 51.4 Å². The second kappa shape index (κ2) is 6.06. The third-order valence-corrected chi connectivity index (χ3v) is 4.05. The van der Waals surface area contributed by atoms with Crippen molar-refractivity contribution in [2.45, 2.75) is 25.7 Å². The average Bonchev–Trinajstić information content (AvgIpc) is 3.08. The maximum Gasteiger partial charge on any atom is 0.147 e. The van der Waals surface area contributed by atoms with E-state index in [1.165, 1.54) is 25.7 Å². The molecule has 1 saturated heterocycles. The van der Waals surface area contributed by atoms with Crippen molar-refractivity contribution in [1.82, 2.24) is 4.98 Å². The molecule has 108 valence electrons. The van der Waals surface area contributed by atoms with Gasteiger partial charge < -0.3 is 15.4 Å². The van der Waals surface area contributed by atoms with Gasteiger partial charge in [-0.2, -0.15) is 0 Å². The largest absolute Gasteiger partial charge is 0.494 e. The molecule has 0 radical (unpaired) electrons. The summed E-state index contributed by atoms with van der Waals surface area (Å²) in [5.41, 5.74) is 7.38. The van der Waals surface area contributed by atoms with Crippen LogP contribution in [0.25, 0.3) is 0 Å². The van der Waals surface area contributed by atoms with Gasteiger partial charge in [0.05, 0.1) is 19.0 Å². The Bertz CT molecular complexity index is 438. The average molecular weight is 306 g/mol. The van der Waals surface area contributed by atoms with Gasteiger partial charge in [-0.05, 0) is 31.1 Å². The number of hydrogen-bond acceptors (Lipinski definition) is 4. The van der Waals surface area contributed by atoms with Crippen LogP contribution in [0.4, 0.5) is 11.5 Å². The van der Waals surface area contributed by atoms with E-state index in [2.05, 4.69) is 9.88 Å². The second-order valence-electron chi connectivity index (χ2n) is 5.31. The highest BCUT2D eigenvalue weighted by molar-refractivity contribution is 5.85. The Morgan fingerprint density at radius 2 is 2.05 bits per heavy atom. The first kappa shape index (κ1) is 16.2. The number of hydrogen-bond donors (Lipinski definition) is 1. The van der Waals surface area contributed by atoms with Crippen LogP contribution in [0, 0.1) is 5.41 Å². The van der Waals surface area contributed by atoms with E-state index in [9.17, 15) is 0 Å². The van der Waals surface area contributed by atoms with Crippen molar-refractivity contribution in [2.24, 2.45) is 5.41 Å². The minimum atomic E-state index is 0. The molecule has 1 saturated carbocycles. The van der Waals surface area contributed by atoms with E-state index >= 15 is 0 Å². The molecule has 1 aromatic rings. The first-order valence-corrected chi connectivity index (χ1v) is 6.27. The van der Waals surface area contributed by atoms with E-state index in [4.69, 9.17) is 10.5 Å². The Labute approximate surface area is 126 Å². The van der Waals surface area contributed by atoms with E-state index in [0.29, 0.717) is 11.2 Å². The van der Waals surface area contributed by atoms with Gasteiger partial charge >= 0.3 is 0 Å². The fourth-order valence-electron chi connectivity index (χ4n) is 2.84. The van der Waals surface area contributed by atoms with E-state index in [1.807, 2.05) is 12.3 Å². The summed E-state index contributed by atoms with van der Waals surface area (Å²) in [5, 5.41) is 0. The van der Waals surface area contributed by atoms with Crippen molar-refractivity contribution in [3.63, 3.8) is 0 Å². The van der Waals surface area contributed by atoms with Crippen LogP contribution >= 0.6 is 24.8 Å². The summed E-state index contributed by atoms with van der Waals surface area (Å²) < 4.78 is 5.41. The zero-order valence-electron chi connectivity index (χ0n) is 11.1. The summed E-state index contributed by atoms with van der Waals surface area (Å²) in [6.07, 6.45) is 7.26. The van der Waals surface area contributed by atoms with Gasteiger partial charge in [-0.3, -0.25) is 0 Å². The summed E-state index contributed by atoms with van der Waals surface area (Å²) in [4.78, 5) is 6.59. The van der Waals surface area contributed by atoms with Crippen LogP contribution in [0.5, 0.6) is 5.75 Å². The van der Waals surface area contributed by atoms with Crippen molar-refractivity contribution < 1.29 is 4.74 Å². The number of nitrogens with two attached hydrogens (primary N) is 1. The molecule has 19 heavy (non-hydrogen) atoms. The molecule has 1 aliphatic heterocycles. The third kappa shape index (κ3) is 3.18. The Balaban J connectivity index is 0.000000902. The Kier molecular flexibility index (Phi) is 5.16. The summed E-state index contributed by atoms with van der Waals surface area (Å²) in [5.74, 6) is 1.36. The summed E-state index contributed by atoms with van der Waals surface area (Å²) in [6, 6.07) is 1.81. The Hall–Kier alpha value is -0.870. The minimum Gasteiger partial charge on any atom is -0.494 e. The van der Waals surface area contributed by atoms with Crippen LogP contribution in [0.3, 0.4) is 0 Å². The number of anilines is 2. The van der Waals surface area contributed by atoms with Crippen molar-refractivity contribution in [3.05, 3.63) is 12.3 Å². The van der Waals surface area contributed by atoms with Gasteiger partial charge in [0.25, 0.3) is 0 Å². The lowest BCUT2D eigenvalue weighted by molar-refractivity contribution is 0.382. The highest BCUT2D eigenvalue weighted by Gasteiger charge is 2.45. The molecule has 0 aromatic carbocycles. The van der Waals surface area contributed by atoms with Gasteiger partial charge in [-0.15, -0.1) is 24.8 Å². The smallest absolute Gasteiger partial charge is 0.147 e. The fourth-order valence-corrected chi connectivity index (χ4v) is 2.84. The Morgan fingerprint density at radius 3 is 2.68 bits per heavy atom. The van der Waals surface area contributed by atoms with E-state index < -0.39 is 0 Å². The van der Waals surface area contributed by atoms with Crippen molar-refractivity contribution in [3.8, 4) is 5.75 Å². The lowest BCUT2D eigenvalue weighted by atomic mass is 9.95. The van der Waals surface area contributed by atoms with E-state index in [0.717, 1.165) is 24.5 Å². The van der Waals surface area contributed by atoms with Crippen LogP contribution in [-0.2, 0) is 0 Å². The van der Waals surface area contributed by atoms with Gasteiger partial charge in [0.15, 0.2) is 0 Å². The number of nitrogens with zero attached hydrogens (tertiary/aromatic N) is 2. The quantitative estimate of drug-likeness (QED) is 0.913. The summed E-state index contributed by atoms with van der Waals surface area (Å²) in [6.45, 7) is 2.25. The number of ether oxygens (including phenoxy) is 1. The van der Waals surface area contributed by atoms with Crippen LogP contribution < -0.4 is 15.4 Å². The minimum absolute atomic E-state index is 0. The molecule has 0 bridgehead atoms. The molecular weight excluding hydrogens is 285 g/mol. The molecule has 0 atom stereocenters. The molecule has 2 aliphatic rings. The van der Waals surface area contributed by atoms with Crippen molar-refractivity contribution in [1.29, 1.82) is 0 Å². The number of piperidine rings is 1. The number of aromatic nitrogens is 1. The van der Waals surface area contributed by atoms with Gasteiger partial charge in [0.2, 0.25) is 0 Å². The molecule has 0 amide bonds. The molecule has 3 rings (SSSR count). The third-order valence-electron chi connectivity index (χ3n) is 4.05. The highest BCUT2D eigenvalue weighted by Crippen LogP contribution is 2.53. The highest BCUT2D eigenvalue weighted by atomic mass is 35.5. The number of methoxy groups -OCH3 is 1. The summed E-state index contributed by atoms with van der Waals surface area (Å²) >= 11 is 0. The molecule has 4 nitrogen and oxygen atoms in total. The molecular formula is C13H21Cl2N3O. The molecule has 1 aliphatic carbocycles. The molecule has 0 unspecified atom stereocenters. The van der Waals surface area contributed by atoms with Crippen LogP contribution in [0.1, 0.15) is 25.7 Å². The predicted octanol–water partition coefficient (Wildman–Crippen LogP) is 2.90. The van der Waals surface area contributed by atoms with Crippen molar-refractivity contribution in [2.75, 3.05) is 30.8 Å². The van der Waals surface area contributed by atoms with Gasteiger partial charge in [0, 0.05) is 19.2 Å². The van der Waals surface area contributed by atoms with Crippen LogP contribution in [-0.4, -0.2) is 25.2 Å². The Morgan fingerprint density at radius 1 is 1.32 bits per heavy atom. The zero-order chi connectivity index (χ0) is 11.9. The maximum atomic E-state index is 5.69. The molecule has 1 spiro atoms. The molecule has 2 N–H and O–H groups in total. The van der Waals surface area contributed by atoms with Gasteiger partial charge in [-0.1, -0.05) is 0 Å². The number of rotatable bonds is 2. The zero-order valence-corrected chi connectivity index (χ0v) is 12.7. The molecule has 2 heterocycles. The lowest BCUT2D eigenvalue weighted by Gasteiger charge is -2.35. The lowest BCUT2D eigenvalue weighted by Crippen LogP contribution is -2.36. The first-order valence-electron chi connectivity index (χ1n) is 6.27. The maximum absolute atomic E-state index is 5.69. The molecule has 2 fully saturated rings. The standard InChI is InChI=1S/C13H19N3O.2ClH/c1-17-11-7-12(14)15-8-10(11)16-6-2-3-13(9-16)4-5-13;;/h7-8H,2-6,9H2,1H3,(H2,14,15);2*1H. The van der Waals surface area contributed by atoms with Crippen LogP contribution in [0.15, 0.2) is 12.3 Å². The van der Waals surface area contributed by atoms with Gasteiger partial charge in [0.1, 0.15) is 11.6 Å². The van der Waals surface area contributed by atoms with Gasteiger partial charge in [-0.25, -0.2) is 4.98 Å². The SMILES string of the molecule is COc1cc(N)ncc1N1CCCC2(CC2)C1.Cl.Cl. The van der Waals surface area contributed by atoms with E-state index in [1.54, 1.807) is 7.11 Å². The van der Waals surface area contributed by atoms with Crippen LogP contribution in [0.2, 0.25) is 0 Å². The number of halogens is 2. The van der Waals surface area contributed by atoms with Crippen molar-refractivity contribution >= 4 is 36.3 Å². The number of nitrogen functional groups attached to an aromatic ring is 1. The predicted molar refractivity (Wildman–Crippen MR) is 82.8 cm³/mol. The monoisotopic (exact) mass is 305 g/mol. The second-order valence-corrected chi connectivity index (χ2v) is 5.31. The molecule has 1 aromatic heterocycles.